The number of halogens is 1. The van der Waals surface area contributed by atoms with Crippen LogP contribution in [-0.4, -0.2) is 4.83 Å². The van der Waals surface area contributed by atoms with Gasteiger partial charge in [0.05, 0.1) is 0 Å². The molecule has 0 amide bonds. The second-order valence-electron chi connectivity index (χ2n) is 4.16. The largest absolute Gasteiger partial charge is 0.0888 e. The predicted octanol–water partition coefficient (Wildman–Crippen LogP) is 3.84. The highest BCUT2D eigenvalue weighted by Crippen LogP contribution is 2.43. The van der Waals surface area contributed by atoms with Crippen LogP contribution in [0, 0.1) is 17.8 Å². The fourth-order valence-corrected chi connectivity index (χ4v) is 2.31. The molecule has 0 aliphatic heterocycles. The predicted molar refractivity (Wildman–Crippen MR) is 54.1 cm³/mol. The molecule has 1 saturated carbocycles. The Morgan fingerprint density at radius 2 is 1.82 bits per heavy atom. The van der Waals surface area contributed by atoms with Crippen molar-refractivity contribution < 1.29 is 0 Å². The Morgan fingerprint density at radius 3 is 2.18 bits per heavy atom. The smallest absolute Gasteiger partial charge is 0.0171 e. The van der Waals surface area contributed by atoms with Crippen LogP contribution in [0.5, 0.6) is 0 Å². The maximum Gasteiger partial charge on any atom is 0.0171 e. The molecule has 1 aliphatic carbocycles. The van der Waals surface area contributed by atoms with E-state index in [1.807, 2.05) is 0 Å². The fourth-order valence-electron chi connectivity index (χ4n) is 1.88. The number of rotatable bonds is 3. The van der Waals surface area contributed by atoms with Crippen LogP contribution < -0.4 is 0 Å². The lowest BCUT2D eigenvalue weighted by Gasteiger charge is -2.40. The summed E-state index contributed by atoms with van der Waals surface area (Å²) in [5.74, 6) is 2.90. The maximum atomic E-state index is 3.73. The molecular formula is C10H19Br. The highest BCUT2D eigenvalue weighted by molar-refractivity contribution is 9.09. The van der Waals surface area contributed by atoms with E-state index in [2.05, 4.69) is 36.7 Å². The van der Waals surface area contributed by atoms with E-state index in [1.54, 1.807) is 0 Å². The van der Waals surface area contributed by atoms with Gasteiger partial charge in [-0.15, -0.1) is 0 Å². The molecule has 0 spiro atoms. The maximum absolute atomic E-state index is 3.73. The van der Waals surface area contributed by atoms with Crippen LogP contribution >= 0.6 is 15.9 Å². The summed E-state index contributed by atoms with van der Waals surface area (Å²) in [5.41, 5.74) is 0. The van der Waals surface area contributed by atoms with Gasteiger partial charge < -0.3 is 0 Å². The van der Waals surface area contributed by atoms with Gasteiger partial charge in [-0.05, 0) is 37.0 Å². The first-order valence-electron chi connectivity index (χ1n) is 4.79. The Balaban J connectivity index is 2.18. The molecule has 1 atom stereocenters. The van der Waals surface area contributed by atoms with Gasteiger partial charge in [-0.3, -0.25) is 0 Å². The van der Waals surface area contributed by atoms with Crippen LogP contribution in [0.4, 0.5) is 0 Å². The number of hydrogen-bond donors (Lipinski definition) is 0. The summed E-state index contributed by atoms with van der Waals surface area (Å²) in [5, 5.41) is 0. The zero-order valence-corrected chi connectivity index (χ0v) is 9.39. The van der Waals surface area contributed by atoms with E-state index < -0.39 is 0 Å². The van der Waals surface area contributed by atoms with Gasteiger partial charge in [-0.1, -0.05) is 36.7 Å². The summed E-state index contributed by atoms with van der Waals surface area (Å²) >= 11 is 3.73. The van der Waals surface area contributed by atoms with E-state index >= 15 is 0 Å². The first kappa shape index (κ1) is 9.57. The second kappa shape index (κ2) is 3.93. The molecule has 1 aliphatic rings. The summed E-state index contributed by atoms with van der Waals surface area (Å²) in [4.78, 5) is 0.789. The first-order valence-corrected chi connectivity index (χ1v) is 5.70. The van der Waals surface area contributed by atoms with Gasteiger partial charge in [0.25, 0.3) is 0 Å². The third-order valence-corrected chi connectivity index (χ3v) is 4.45. The topological polar surface area (TPSA) is 0 Å². The van der Waals surface area contributed by atoms with Gasteiger partial charge in [-0.25, -0.2) is 0 Å². The molecule has 1 heteroatoms. The molecule has 66 valence electrons. The highest BCUT2D eigenvalue weighted by atomic mass is 79.9. The van der Waals surface area contributed by atoms with Crippen molar-refractivity contribution in [1.82, 2.24) is 0 Å². The lowest BCUT2D eigenvalue weighted by Crippen LogP contribution is -2.33. The lowest BCUT2D eigenvalue weighted by molar-refractivity contribution is 0.139. The van der Waals surface area contributed by atoms with Gasteiger partial charge in [0.15, 0.2) is 0 Å². The van der Waals surface area contributed by atoms with Crippen molar-refractivity contribution in [2.75, 3.05) is 0 Å². The van der Waals surface area contributed by atoms with Crippen molar-refractivity contribution in [3.05, 3.63) is 0 Å². The third kappa shape index (κ3) is 2.21. The molecular weight excluding hydrogens is 200 g/mol. The van der Waals surface area contributed by atoms with E-state index in [9.17, 15) is 0 Å². The molecule has 0 heterocycles. The zero-order valence-electron chi connectivity index (χ0n) is 7.81. The molecule has 0 saturated heterocycles. The Kier molecular flexibility index (Phi) is 3.42. The minimum Gasteiger partial charge on any atom is -0.0888 e. The summed E-state index contributed by atoms with van der Waals surface area (Å²) in [6, 6.07) is 0. The second-order valence-corrected chi connectivity index (χ2v) is 5.34. The average Bonchev–Trinajstić information content (AvgIpc) is 1.83. The molecule has 11 heavy (non-hydrogen) atoms. The fraction of sp³-hybridized carbons (Fsp3) is 1.00. The van der Waals surface area contributed by atoms with Crippen molar-refractivity contribution >= 4 is 15.9 Å². The highest BCUT2D eigenvalue weighted by Gasteiger charge is 2.34. The van der Waals surface area contributed by atoms with E-state index in [1.165, 1.54) is 19.3 Å². The molecule has 1 fully saturated rings. The molecule has 0 aromatic rings. The van der Waals surface area contributed by atoms with E-state index in [0.29, 0.717) is 0 Å². The van der Waals surface area contributed by atoms with Crippen LogP contribution in [0.3, 0.4) is 0 Å². The minimum absolute atomic E-state index is 0.789. The molecule has 1 unspecified atom stereocenters. The molecule has 0 radical (unpaired) electrons. The molecule has 0 bridgehead atoms. The summed E-state index contributed by atoms with van der Waals surface area (Å²) in [6.07, 6.45) is 4.21. The van der Waals surface area contributed by atoms with E-state index in [0.717, 1.165) is 22.6 Å². The summed E-state index contributed by atoms with van der Waals surface area (Å²) in [6.45, 7) is 6.95. The van der Waals surface area contributed by atoms with Crippen molar-refractivity contribution in [2.24, 2.45) is 17.8 Å². The molecule has 0 N–H and O–H groups in total. The standard InChI is InChI=1S/C10H19Br/c1-4-10(11)9-5-8(6-9)7(2)3/h7-10H,4-6H2,1-3H3. The van der Waals surface area contributed by atoms with Crippen LogP contribution in [0.1, 0.15) is 40.0 Å². The number of hydrogen-bond acceptors (Lipinski definition) is 0. The molecule has 0 aromatic carbocycles. The van der Waals surface area contributed by atoms with Gasteiger partial charge in [-0.2, -0.15) is 0 Å². The van der Waals surface area contributed by atoms with E-state index in [-0.39, 0.29) is 0 Å². The quantitative estimate of drug-likeness (QED) is 0.632. The summed E-state index contributed by atoms with van der Waals surface area (Å²) in [7, 11) is 0. The van der Waals surface area contributed by atoms with Gasteiger partial charge in [0, 0.05) is 4.83 Å². The van der Waals surface area contributed by atoms with Crippen LogP contribution in [0.25, 0.3) is 0 Å². The van der Waals surface area contributed by atoms with Crippen LogP contribution in [0.2, 0.25) is 0 Å². The van der Waals surface area contributed by atoms with E-state index in [4.69, 9.17) is 0 Å². The van der Waals surface area contributed by atoms with Gasteiger partial charge >= 0.3 is 0 Å². The zero-order chi connectivity index (χ0) is 8.43. The Morgan fingerprint density at radius 1 is 1.27 bits per heavy atom. The van der Waals surface area contributed by atoms with Crippen molar-refractivity contribution in [1.29, 1.82) is 0 Å². The Bertz CT molecular complexity index is 114. The van der Waals surface area contributed by atoms with Crippen molar-refractivity contribution in [2.45, 2.75) is 44.9 Å². The number of alkyl halides is 1. The molecule has 0 aromatic heterocycles. The third-order valence-electron chi connectivity index (χ3n) is 3.06. The van der Waals surface area contributed by atoms with Crippen LogP contribution in [-0.2, 0) is 0 Å². The SMILES string of the molecule is CCC(Br)C1CC(C(C)C)C1. The van der Waals surface area contributed by atoms with Crippen molar-refractivity contribution in [3.63, 3.8) is 0 Å². The van der Waals surface area contributed by atoms with Crippen LogP contribution in [0.15, 0.2) is 0 Å². The minimum atomic E-state index is 0.789. The lowest BCUT2D eigenvalue weighted by atomic mass is 9.68. The Labute approximate surface area is 78.9 Å². The van der Waals surface area contributed by atoms with Crippen molar-refractivity contribution in [3.8, 4) is 0 Å². The molecule has 0 nitrogen and oxygen atoms in total. The average molecular weight is 219 g/mol. The Hall–Kier alpha value is 0.480. The monoisotopic (exact) mass is 218 g/mol. The van der Waals surface area contributed by atoms with Gasteiger partial charge in [0.1, 0.15) is 0 Å². The first-order chi connectivity index (χ1) is 5.15. The van der Waals surface area contributed by atoms with Gasteiger partial charge in [0.2, 0.25) is 0 Å². The normalized spacial score (nSPS) is 33.5. The molecule has 1 rings (SSSR count). The summed E-state index contributed by atoms with van der Waals surface area (Å²) < 4.78 is 0.